The molecule has 0 aliphatic heterocycles. The van der Waals surface area contributed by atoms with Crippen molar-refractivity contribution in [3.05, 3.63) is 30.1 Å². The van der Waals surface area contributed by atoms with Crippen molar-refractivity contribution in [2.24, 2.45) is 0 Å². The molecule has 1 unspecified atom stereocenters. The van der Waals surface area contributed by atoms with Gasteiger partial charge in [-0.05, 0) is 31.4 Å². The standard InChI is InChI=1S/C22H37NO2/c1-3-5-6-7-8-9-10-11-12-13-17-21(15-4-2)25-22(24)20-16-14-18-23-19-20/h14,16,18-19,21H,3-13,15,17H2,1-2H3. The first-order valence-electron chi connectivity index (χ1n) is 10.4. The smallest absolute Gasteiger partial charge is 0.339 e. The zero-order valence-electron chi connectivity index (χ0n) is 16.3. The van der Waals surface area contributed by atoms with Crippen LogP contribution in [0.5, 0.6) is 0 Å². The van der Waals surface area contributed by atoms with Crippen LogP contribution in [0.3, 0.4) is 0 Å². The van der Waals surface area contributed by atoms with Crippen LogP contribution in [-0.2, 0) is 4.74 Å². The zero-order chi connectivity index (χ0) is 18.2. The maximum atomic E-state index is 12.1. The summed E-state index contributed by atoms with van der Waals surface area (Å²) in [4.78, 5) is 16.1. The van der Waals surface area contributed by atoms with Crippen LogP contribution in [0.4, 0.5) is 0 Å². The van der Waals surface area contributed by atoms with Gasteiger partial charge in [-0.25, -0.2) is 4.79 Å². The van der Waals surface area contributed by atoms with E-state index in [0.29, 0.717) is 5.56 Å². The molecule has 0 saturated heterocycles. The Kier molecular flexibility index (Phi) is 12.9. The average Bonchev–Trinajstić information content (AvgIpc) is 2.64. The van der Waals surface area contributed by atoms with E-state index in [0.717, 1.165) is 25.7 Å². The highest BCUT2D eigenvalue weighted by Crippen LogP contribution is 2.16. The molecule has 0 radical (unpaired) electrons. The number of carbonyl (C=O) groups is 1. The lowest BCUT2D eigenvalue weighted by Gasteiger charge is -2.17. The van der Waals surface area contributed by atoms with Crippen molar-refractivity contribution in [1.82, 2.24) is 4.98 Å². The van der Waals surface area contributed by atoms with Gasteiger partial charge in [-0.3, -0.25) is 4.98 Å². The lowest BCUT2D eigenvalue weighted by atomic mass is 10.0. The van der Waals surface area contributed by atoms with E-state index in [1.165, 1.54) is 57.8 Å². The minimum atomic E-state index is -0.237. The monoisotopic (exact) mass is 347 g/mol. The van der Waals surface area contributed by atoms with E-state index in [9.17, 15) is 4.79 Å². The van der Waals surface area contributed by atoms with Gasteiger partial charge in [0.2, 0.25) is 0 Å². The van der Waals surface area contributed by atoms with Crippen molar-refractivity contribution in [3.63, 3.8) is 0 Å². The maximum Gasteiger partial charge on any atom is 0.339 e. The summed E-state index contributed by atoms with van der Waals surface area (Å²) in [5.74, 6) is -0.237. The topological polar surface area (TPSA) is 39.2 Å². The largest absolute Gasteiger partial charge is 0.459 e. The molecule has 1 aromatic rings. The fourth-order valence-corrected chi connectivity index (χ4v) is 3.15. The number of pyridine rings is 1. The Hall–Kier alpha value is -1.38. The summed E-state index contributed by atoms with van der Waals surface area (Å²) in [7, 11) is 0. The molecule has 0 aromatic carbocycles. The minimum Gasteiger partial charge on any atom is -0.459 e. The lowest BCUT2D eigenvalue weighted by molar-refractivity contribution is 0.0253. The average molecular weight is 348 g/mol. The normalized spacial score (nSPS) is 12.1. The summed E-state index contributed by atoms with van der Waals surface area (Å²) in [6.45, 7) is 4.41. The van der Waals surface area contributed by atoms with Crippen LogP contribution < -0.4 is 0 Å². The van der Waals surface area contributed by atoms with Crippen molar-refractivity contribution in [1.29, 1.82) is 0 Å². The predicted octanol–water partition coefficient (Wildman–Crippen LogP) is 6.72. The molecular weight excluding hydrogens is 310 g/mol. The van der Waals surface area contributed by atoms with Gasteiger partial charge >= 0.3 is 5.97 Å². The second-order valence-corrected chi connectivity index (χ2v) is 7.03. The first-order valence-corrected chi connectivity index (χ1v) is 10.4. The van der Waals surface area contributed by atoms with E-state index in [1.807, 2.05) is 0 Å². The van der Waals surface area contributed by atoms with E-state index in [1.54, 1.807) is 24.5 Å². The molecule has 3 nitrogen and oxygen atoms in total. The van der Waals surface area contributed by atoms with Gasteiger partial charge < -0.3 is 4.74 Å². The molecule has 0 aliphatic rings. The van der Waals surface area contributed by atoms with E-state index in [-0.39, 0.29) is 12.1 Å². The Morgan fingerprint density at radius 1 is 0.920 bits per heavy atom. The molecule has 0 N–H and O–H groups in total. The Morgan fingerprint density at radius 3 is 2.12 bits per heavy atom. The Bertz CT molecular complexity index is 433. The molecule has 3 heteroatoms. The SMILES string of the molecule is CCCCCCCCCCCCC(CCC)OC(=O)c1cccnc1. The summed E-state index contributed by atoms with van der Waals surface area (Å²) < 4.78 is 5.68. The number of aromatic nitrogens is 1. The summed E-state index contributed by atoms with van der Waals surface area (Å²) >= 11 is 0. The van der Waals surface area contributed by atoms with Crippen LogP contribution in [0, 0.1) is 0 Å². The van der Waals surface area contributed by atoms with Crippen molar-refractivity contribution >= 4 is 5.97 Å². The van der Waals surface area contributed by atoms with E-state index in [2.05, 4.69) is 18.8 Å². The van der Waals surface area contributed by atoms with Crippen molar-refractivity contribution in [2.75, 3.05) is 0 Å². The first kappa shape index (κ1) is 21.7. The van der Waals surface area contributed by atoms with Crippen LogP contribution >= 0.6 is 0 Å². The number of nitrogens with zero attached hydrogens (tertiary/aromatic N) is 1. The van der Waals surface area contributed by atoms with Gasteiger partial charge in [0.05, 0.1) is 5.56 Å². The van der Waals surface area contributed by atoms with Crippen LogP contribution in [0.2, 0.25) is 0 Å². The third-order valence-corrected chi connectivity index (χ3v) is 4.66. The summed E-state index contributed by atoms with van der Waals surface area (Å²) in [5, 5.41) is 0. The van der Waals surface area contributed by atoms with Crippen molar-refractivity contribution in [2.45, 2.75) is 103 Å². The fourth-order valence-electron chi connectivity index (χ4n) is 3.15. The number of hydrogen-bond donors (Lipinski definition) is 0. The van der Waals surface area contributed by atoms with E-state index >= 15 is 0 Å². The van der Waals surface area contributed by atoms with Gasteiger partial charge in [-0.2, -0.15) is 0 Å². The second-order valence-electron chi connectivity index (χ2n) is 7.03. The maximum absolute atomic E-state index is 12.1. The highest BCUT2D eigenvalue weighted by molar-refractivity contribution is 5.89. The predicted molar refractivity (Wildman–Crippen MR) is 105 cm³/mol. The molecule has 0 spiro atoms. The van der Waals surface area contributed by atoms with Gasteiger partial charge in [0, 0.05) is 12.4 Å². The quantitative estimate of drug-likeness (QED) is 0.261. The number of hydrogen-bond acceptors (Lipinski definition) is 3. The third-order valence-electron chi connectivity index (χ3n) is 4.66. The van der Waals surface area contributed by atoms with Gasteiger partial charge in [-0.15, -0.1) is 0 Å². The molecule has 0 bridgehead atoms. The molecule has 1 aromatic heterocycles. The summed E-state index contributed by atoms with van der Waals surface area (Å²) in [5.41, 5.74) is 0.548. The molecule has 0 aliphatic carbocycles. The molecule has 1 atom stereocenters. The third kappa shape index (κ3) is 11.0. The Labute approximate surface area is 154 Å². The molecule has 0 amide bonds. The van der Waals surface area contributed by atoms with E-state index < -0.39 is 0 Å². The van der Waals surface area contributed by atoms with Gasteiger partial charge in [0.15, 0.2) is 0 Å². The molecule has 142 valence electrons. The summed E-state index contributed by atoms with van der Waals surface area (Å²) in [6, 6.07) is 3.53. The van der Waals surface area contributed by atoms with Gasteiger partial charge in [0.25, 0.3) is 0 Å². The molecule has 0 saturated carbocycles. The lowest BCUT2D eigenvalue weighted by Crippen LogP contribution is -2.18. The molecular formula is C22H37NO2. The fraction of sp³-hybridized carbons (Fsp3) is 0.727. The molecule has 0 fully saturated rings. The van der Waals surface area contributed by atoms with Crippen LogP contribution in [0.15, 0.2) is 24.5 Å². The van der Waals surface area contributed by atoms with Gasteiger partial charge in [0.1, 0.15) is 6.10 Å². The number of esters is 1. The molecule has 1 rings (SSSR count). The van der Waals surface area contributed by atoms with Crippen LogP contribution in [-0.4, -0.2) is 17.1 Å². The second kappa shape index (κ2) is 14.9. The van der Waals surface area contributed by atoms with Crippen LogP contribution in [0.1, 0.15) is 108 Å². The number of unbranched alkanes of at least 4 members (excludes halogenated alkanes) is 9. The zero-order valence-corrected chi connectivity index (χ0v) is 16.3. The highest BCUT2D eigenvalue weighted by atomic mass is 16.5. The van der Waals surface area contributed by atoms with Gasteiger partial charge in [-0.1, -0.05) is 78.1 Å². The summed E-state index contributed by atoms with van der Waals surface area (Å²) in [6.07, 6.45) is 19.6. The Morgan fingerprint density at radius 2 is 1.56 bits per heavy atom. The minimum absolute atomic E-state index is 0.0479. The van der Waals surface area contributed by atoms with E-state index in [4.69, 9.17) is 4.74 Å². The first-order chi connectivity index (χ1) is 12.3. The molecule has 25 heavy (non-hydrogen) atoms. The highest BCUT2D eigenvalue weighted by Gasteiger charge is 2.15. The van der Waals surface area contributed by atoms with Crippen molar-refractivity contribution in [3.8, 4) is 0 Å². The molecule has 1 heterocycles. The van der Waals surface area contributed by atoms with Crippen LogP contribution in [0.25, 0.3) is 0 Å². The number of ether oxygens (including phenoxy) is 1. The Balaban J connectivity index is 2.11. The number of carbonyl (C=O) groups excluding carboxylic acids is 1. The number of rotatable bonds is 15. The van der Waals surface area contributed by atoms with Crippen molar-refractivity contribution < 1.29 is 9.53 Å².